The van der Waals surface area contributed by atoms with Crippen molar-refractivity contribution in [1.82, 2.24) is 0 Å². The molecule has 3 aromatic rings. The van der Waals surface area contributed by atoms with Crippen LogP contribution in [0.2, 0.25) is 0 Å². The van der Waals surface area contributed by atoms with E-state index >= 15 is 0 Å². The Morgan fingerprint density at radius 1 is 1.16 bits per heavy atom. The summed E-state index contributed by atoms with van der Waals surface area (Å²) in [5.74, 6) is 0.0347. The SMILES string of the molecule is Cc1c(C(=O)Nc2cccc(N3CCCC3=O)c2)sc2ccccc12. The number of nitrogens with zero attached hydrogens (tertiary/aromatic N) is 1. The van der Waals surface area contributed by atoms with Gasteiger partial charge in [0.1, 0.15) is 0 Å². The first-order chi connectivity index (χ1) is 12.1. The van der Waals surface area contributed by atoms with Gasteiger partial charge in [-0.3, -0.25) is 9.59 Å². The number of benzene rings is 2. The third-order valence-electron chi connectivity index (χ3n) is 4.54. The summed E-state index contributed by atoms with van der Waals surface area (Å²) in [6.07, 6.45) is 1.48. The summed E-state index contributed by atoms with van der Waals surface area (Å²) in [7, 11) is 0. The number of carbonyl (C=O) groups excluding carboxylic acids is 2. The first kappa shape index (κ1) is 15.8. The summed E-state index contributed by atoms with van der Waals surface area (Å²) in [5, 5.41) is 4.09. The maximum atomic E-state index is 12.7. The Bertz CT molecular complexity index is 977. The van der Waals surface area contributed by atoms with Gasteiger partial charge in [0.25, 0.3) is 5.91 Å². The minimum absolute atomic E-state index is 0.108. The molecule has 126 valence electrons. The fourth-order valence-corrected chi connectivity index (χ4v) is 4.36. The summed E-state index contributed by atoms with van der Waals surface area (Å²) >= 11 is 1.50. The minimum atomic E-state index is -0.108. The number of amides is 2. The predicted molar refractivity (Wildman–Crippen MR) is 103 cm³/mol. The number of carbonyl (C=O) groups is 2. The Balaban J connectivity index is 1.60. The number of hydrogen-bond acceptors (Lipinski definition) is 3. The van der Waals surface area contributed by atoms with Crippen molar-refractivity contribution in [2.75, 3.05) is 16.8 Å². The lowest BCUT2D eigenvalue weighted by Gasteiger charge is -2.16. The van der Waals surface area contributed by atoms with Crippen molar-refractivity contribution in [1.29, 1.82) is 0 Å². The van der Waals surface area contributed by atoms with Gasteiger partial charge in [0.05, 0.1) is 4.88 Å². The second kappa shape index (κ2) is 6.33. The van der Waals surface area contributed by atoms with Crippen molar-refractivity contribution in [3.8, 4) is 0 Å². The average Bonchev–Trinajstić information content (AvgIpc) is 3.19. The van der Waals surface area contributed by atoms with E-state index < -0.39 is 0 Å². The highest BCUT2D eigenvalue weighted by Gasteiger charge is 2.22. The summed E-state index contributed by atoms with van der Waals surface area (Å²) in [5.41, 5.74) is 2.55. The molecule has 1 N–H and O–H groups in total. The molecule has 1 aliphatic heterocycles. The monoisotopic (exact) mass is 350 g/mol. The maximum absolute atomic E-state index is 12.7. The van der Waals surface area contributed by atoms with Crippen LogP contribution in [-0.2, 0) is 4.79 Å². The van der Waals surface area contributed by atoms with Crippen LogP contribution in [0.25, 0.3) is 10.1 Å². The third kappa shape index (κ3) is 2.91. The van der Waals surface area contributed by atoms with Crippen LogP contribution >= 0.6 is 11.3 Å². The molecule has 2 aromatic carbocycles. The Kier molecular flexibility index (Phi) is 4.01. The molecule has 0 bridgehead atoms. The lowest BCUT2D eigenvalue weighted by Crippen LogP contribution is -2.23. The van der Waals surface area contributed by atoms with E-state index in [-0.39, 0.29) is 11.8 Å². The van der Waals surface area contributed by atoms with Gasteiger partial charge >= 0.3 is 0 Å². The zero-order valence-electron chi connectivity index (χ0n) is 13.9. The van der Waals surface area contributed by atoms with Crippen LogP contribution in [0.4, 0.5) is 11.4 Å². The Labute approximate surface area is 150 Å². The fourth-order valence-electron chi connectivity index (χ4n) is 3.25. The molecule has 4 rings (SSSR count). The van der Waals surface area contributed by atoms with Crippen molar-refractivity contribution in [2.45, 2.75) is 19.8 Å². The highest BCUT2D eigenvalue weighted by Crippen LogP contribution is 2.31. The van der Waals surface area contributed by atoms with Crippen LogP contribution in [0.15, 0.2) is 48.5 Å². The third-order valence-corrected chi connectivity index (χ3v) is 5.81. The van der Waals surface area contributed by atoms with Gasteiger partial charge in [0.2, 0.25) is 5.91 Å². The standard InChI is InChI=1S/C20H18N2O2S/c1-13-16-8-2-3-9-17(16)25-19(13)20(24)21-14-6-4-7-15(12-14)22-11-5-10-18(22)23/h2-4,6-9,12H,5,10-11H2,1H3,(H,21,24). The van der Waals surface area contributed by atoms with Gasteiger partial charge in [-0.1, -0.05) is 24.3 Å². The number of anilines is 2. The molecule has 1 aromatic heterocycles. The van der Waals surface area contributed by atoms with Crippen LogP contribution < -0.4 is 10.2 Å². The van der Waals surface area contributed by atoms with Gasteiger partial charge in [0.15, 0.2) is 0 Å². The zero-order valence-corrected chi connectivity index (χ0v) is 14.7. The topological polar surface area (TPSA) is 49.4 Å². The molecular weight excluding hydrogens is 332 g/mol. The van der Waals surface area contributed by atoms with E-state index in [1.165, 1.54) is 11.3 Å². The fraction of sp³-hybridized carbons (Fsp3) is 0.200. The van der Waals surface area contributed by atoms with Crippen LogP contribution in [0.3, 0.4) is 0 Å². The molecular formula is C20H18N2O2S. The Hall–Kier alpha value is -2.66. The van der Waals surface area contributed by atoms with E-state index in [0.717, 1.165) is 39.2 Å². The largest absolute Gasteiger partial charge is 0.321 e. The highest BCUT2D eigenvalue weighted by atomic mass is 32.1. The quantitative estimate of drug-likeness (QED) is 0.751. The Morgan fingerprint density at radius 3 is 2.76 bits per heavy atom. The van der Waals surface area contributed by atoms with E-state index in [1.807, 2.05) is 55.5 Å². The summed E-state index contributed by atoms with van der Waals surface area (Å²) < 4.78 is 1.11. The van der Waals surface area contributed by atoms with E-state index in [1.54, 1.807) is 4.90 Å². The number of fused-ring (bicyclic) bond motifs is 1. The molecule has 0 spiro atoms. The number of hydrogen-bond donors (Lipinski definition) is 1. The molecule has 1 aliphatic rings. The molecule has 0 unspecified atom stereocenters. The van der Waals surface area contributed by atoms with Crippen molar-refractivity contribution < 1.29 is 9.59 Å². The van der Waals surface area contributed by atoms with E-state index in [4.69, 9.17) is 0 Å². The second-order valence-electron chi connectivity index (χ2n) is 6.21. The molecule has 0 radical (unpaired) electrons. The predicted octanol–water partition coefficient (Wildman–Crippen LogP) is 4.59. The number of nitrogens with one attached hydrogen (secondary N) is 1. The van der Waals surface area contributed by atoms with E-state index in [9.17, 15) is 9.59 Å². The van der Waals surface area contributed by atoms with Gasteiger partial charge in [-0.15, -0.1) is 11.3 Å². The number of thiophene rings is 1. The van der Waals surface area contributed by atoms with Crippen molar-refractivity contribution in [3.05, 3.63) is 59.0 Å². The van der Waals surface area contributed by atoms with E-state index in [0.29, 0.717) is 12.1 Å². The van der Waals surface area contributed by atoms with Crippen LogP contribution in [0, 0.1) is 6.92 Å². The van der Waals surface area contributed by atoms with Gasteiger partial charge in [0, 0.05) is 29.0 Å². The van der Waals surface area contributed by atoms with Crippen molar-refractivity contribution in [2.24, 2.45) is 0 Å². The highest BCUT2D eigenvalue weighted by molar-refractivity contribution is 7.21. The molecule has 1 saturated heterocycles. The first-order valence-electron chi connectivity index (χ1n) is 8.33. The van der Waals surface area contributed by atoms with Gasteiger partial charge in [-0.05, 0) is 48.6 Å². The average molecular weight is 350 g/mol. The molecule has 0 aliphatic carbocycles. The summed E-state index contributed by atoms with van der Waals surface area (Å²) in [6.45, 7) is 2.72. The number of rotatable bonds is 3. The molecule has 25 heavy (non-hydrogen) atoms. The van der Waals surface area contributed by atoms with Crippen molar-refractivity contribution in [3.63, 3.8) is 0 Å². The normalized spacial score (nSPS) is 14.3. The van der Waals surface area contributed by atoms with Gasteiger partial charge in [-0.25, -0.2) is 0 Å². The van der Waals surface area contributed by atoms with Crippen LogP contribution in [0.1, 0.15) is 28.1 Å². The van der Waals surface area contributed by atoms with Gasteiger partial charge < -0.3 is 10.2 Å². The molecule has 0 saturated carbocycles. The van der Waals surface area contributed by atoms with Crippen LogP contribution in [0.5, 0.6) is 0 Å². The number of aryl methyl sites for hydroxylation is 1. The van der Waals surface area contributed by atoms with Crippen molar-refractivity contribution >= 4 is 44.6 Å². The molecule has 4 nitrogen and oxygen atoms in total. The second-order valence-corrected chi connectivity index (χ2v) is 7.26. The summed E-state index contributed by atoms with van der Waals surface area (Å²) in [6, 6.07) is 15.5. The van der Waals surface area contributed by atoms with Crippen LogP contribution in [-0.4, -0.2) is 18.4 Å². The smallest absolute Gasteiger partial charge is 0.266 e. The molecule has 2 heterocycles. The maximum Gasteiger partial charge on any atom is 0.266 e. The zero-order chi connectivity index (χ0) is 17.4. The van der Waals surface area contributed by atoms with Gasteiger partial charge in [-0.2, -0.15) is 0 Å². The minimum Gasteiger partial charge on any atom is -0.321 e. The molecule has 0 atom stereocenters. The molecule has 5 heteroatoms. The Morgan fingerprint density at radius 2 is 2.00 bits per heavy atom. The molecule has 1 fully saturated rings. The first-order valence-corrected chi connectivity index (χ1v) is 9.15. The summed E-state index contributed by atoms with van der Waals surface area (Å²) in [4.78, 5) is 27.1. The lowest BCUT2D eigenvalue weighted by atomic mass is 10.1. The molecule has 2 amide bonds. The lowest BCUT2D eigenvalue weighted by molar-refractivity contribution is -0.117. The van der Waals surface area contributed by atoms with E-state index in [2.05, 4.69) is 5.32 Å².